The van der Waals surface area contributed by atoms with Gasteiger partial charge in [-0.25, -0.2) is 4.98 Å². The number of hydrogen-bond donors (Lipinski definition) is 0. The molecule has 0 saturated carbocycles. The van der Waals surface area contributed by atoms with Crippen LogP contribution < -0.4 is 4.90 Å². The number of pyridine rings is 1. The second-order valence-corrected chi connectivity index (χ2v) is 5.06. The van der Waals surface area contributed by atoms with Gasteiger partial charge in [-0.05, 0) is 37.8 Å². The topological polar surface area (TPSA) is 16.1 Å². The average Bonchev–Trinajstić information content (AvgIpc) is 2.29. The van der Waals surface area contributed by atoms with Crippen molar-refractivity contribution in [3.8, 4) is 0 Å². The summed E-state index contributed by atoms with van der Waals surface area (Å²) in [5.74, 6) is 2.41. The van der Waals surface area contributed by atoms with Gasteiger partial charge in [-0.1, -0.05) is 13.0 Å². The lowest BCUT2D eigenvalue weighted by Gasteiger charge is -2.37. The summed E-state index contributed by atoms with van der Waals surface area (Å²) in [6.45, 7) is 5.72. The Balaban J connectivity index is 2.16. The van der Waals surface area contributed by atoms with Crippen molar-refractivity contribution in [2.75, 3.05) is 11.4 Å². The first-order chi connectivity index (χ1) is 7.70. The Hall–Kier alpha value is -0.760. The minimum Gasteiger partial charge on any atom is -0.354 e. The van der Waals surface area contributed by atoms with Gasteiger partial charge < -0.3 is 4.90 Å². The Kier molecular flexibility index (Phi) is 3.70. The molecule has 1 aromatic rings. The molecular weight excluding hydrogens is 220 g/mol. The molecule has 1 aliphatic heterocycles. The third-order valence-electron chi connectivity index (χ3n) is 3.36. The molecule has 3 heteroatoms. The molecular formula is C13H19ClN2. The quantitative estimate of drug-likeness (QED) is 0.734. The van der Waals surface area contributed by atoms with E-state index in [-0.39, 0.29) is 0 Å². The highest BCUT2D eigenvalue weighted by Gasteiger charge is 2.23. The van der Waals surface area contributed by atoms with Crippen LogP contribution in [0.1, 0.15) is 32.4 Å². The van der Waals surface area contributed by atoms with E-state index in [0.717, 1.165) is 24.0 Å². The highest BCUT2D eigenvalue weighted by atomic mass is 35.5. The van der Waals surface area contributed by atoms with Crippen molar-refractivity contribution in [3.63, 3.8) is 0 Å². The molecule has 2 rings (SSSR count). The van der Waals surface area contributed by atoms with Gasteiger partial charge in [-0.15, -0.1) is 11.6 Å². The highest BCUT2D eigenvalue weighted by molar-refractivity contribution is 6.16. The van der Waals surface area contributed by atoms with Crippen LogP contribution >= 0.6 is 11.6 Å². The summed E-state index contributed by atoms with van der Waals surface area (Å²) < 4.78 is 0. The van der Waals surface area contributed by atoms with Crippen molar-refractivity contribution in [2.45, 2.75) is 38.6 Å². The van der Waals surface area contributed by atoms with E-state index in [1.807, 2.05) is 12.1 Å². The Morgan fingerprint density at radius 1 is 1.44 bits per heavy atom. The van der Waals surface area contributed by atoms with Gasteiger partial charge in [0.1, 0.15) is 5.82 Å². The predicted molar refractivity (Wildman–Crippen MR) is 69.0 cm³/mol. The zero-order valence-electron chi connectivity index (χ0n) is 9.99. The number of aromatic nitrogens is 1. The minimum atomic E-state index is 0.493. The Morgan fingerprint density at radius 2 is 2.25 bits per heavy atom. The van der Waals surface area contributed by atoms with Gasteiger partial charge in [0.15, 0.2) is 0 Å². The van der Waals surface area contributed by atoms with Crippen molar-refractivity contribution in [3.05, 3.63) is 23.9 Å². The largest absolute Gasteiger partial charge is 0.354 e. The van der Waals surface area contributed by atoms with Gasteiger partial charge in [0.25, 0.3) is 0 Å². The zero-order valence-corrected chi connectivity index (χ0v) is 10.7. The molecule has 2 nitrogen and oxygen atoms in total. The average molecular weight is 239 g/mol. The number of rotatable bonds is 2. The monoisotopic (exact) mass is 238 g/mol. The van der Waals surface area contributed by atoms with E-state index in [2.05, 4.69) is 29.8 Å². The number of piperidine rings is 1. The van der Waals surface area contributed by atoms with Gasteiger partial charge >= 0.3 is 0 Å². The molecule has 0 aromatic carbocycles. The zero-order chi connectivity index (χ0) is 11.5. The molecule has 0 spiro atoms. The van der Waals surface area contributed by atoms with Crippen molar-refractivity contribution in [1.29, 1.82) is 0 Å². The van der Waals surface area contributed by atoms with Crippen LogP contribution in [0.2, 0.25) is 0 Å². The van der Waals surface area contributed by atoms with Gasteiger partial charge in [0.05, 0.1) is 11.6 Å². The Labute approximate surface area is 103 Å². The first kappa shape index (κ1) is 11.7. The van der Waals surface area contributed by atoms with Crippen LogP contribution in [-0.2, 0) is 5.88 Å². The maximum absolute atomic E-state index is 5.82. The first-order valence-corrected chi connectivity index (χ1v) is 6.52. The summed E-state index contributed by atoms with van der Waals surface area (Å²) in [6, 6.07) is 6.70. The van der Waals surface area contributed by atoms with E-state index < -0.39 is 0 Å². The number of halogens is 1. The summed E-state index contributed by atoms with van der Waals surface area (Å²) >= 11 is 5.82. The van der Waals surface area contributed by atoms with Crippen LogP contribution in [0.4, 0.5) is 5.82 Å². The molecule has 1 fully saturated rings. The molecule has 2 atom stereocenters. The lowest BCUT2D eigenvalue weighted by molar-refractivity contribution is 0.376. The fourth-order valence-corrected chi connectivity index (χ4v) is 2.60. The maximum Gasteiger partial charge on any atom is 0.129 e. The van der Waals surface area contributed by atoms with Gasteiger partial charge in [0, 0.05) is 12.6 Å². The van der Waals surface area contributed by atoms with E-state index in [1.54, 1.807) is 0 Å². The molecule has 16 heavy (non-hydrogen) atoms. The summed E-state index contributed by atoms with van der Waals surface area (Å²) in [7, 11) is 0. The molecule has 88 valence electrons. The second kappa shape index (κ2) is 5.05. The molecule has 1 aromatic heterocycles. The first-order valence-electron chi connectivity index (χ1n) is 5.99. The Bertz CT molecular complexity index is 354. The standard InChI is InChI=1S/C13H19ClN2/c1-10-6-7-16(11(2)8-10)13-5-3-4-12(9-14)15-13/h3-5,10-11H,6-9H2,1-2H3. The molecule has 0 N–H and O–H groups in total. The van der Waals surface area contributed by atoms with Gasteiger partial charge in [-0.3, -0.25) is 0 Å². The molecule has 0 radical (unpaired) electrons. The van der Waals surface area contributed by atoms with Crippen molar-refractivity contribution in [2.24, 2.45) is 5.92 Å². The maximum atomic E-state index is 5.82. The Morgan fingerprint density at radius 3 is 2.94 bits per heavy atom. The van der Waals surface area contributed by atoms with Crippen LogP contribution in [0, 0.1) is 5.92 Å². The fourth-order valence-electron chi connectivity index (χ4n) is 2.45. The van der Waals surface area contributed by atoms with Gasteiger partial charge in [-0.2, -0.15) is 0 Å². The predicted octanol–water partition coefficient (Wildman–Crippen LogP) is 3.45. The number of anilines is 1. The molecule has 2 unspecified atom stereocenters. The van der Waals surface area contributed by atoms with Crippen molar-refractivity contribution in [1.82, 2.24) is 4.98 Å². The fraction of sp³-hybridized carbons (Fsp3) is 0.615. The lowest BCUT2D eigenvalue weighted by Crippen LogP contribution is -2.40. The van der Waals surface area contributed by atoms with Crippen molar-refractivity contribution < 1.29 is 0 Å². The molecule has 1 saturated heterocycles. The van der Waals surface area contributed by atoms with E-state index >= 15 is 0 Å². The van der Waals surface area contributed by atoms with E-state index in [1.165, 1.54) is 12.8 Å². The van der Waals surface area contributed by atoms with Crippen LogP contribution in [0.3, 0.4) is 0 Å². The highest BCUT2D eigenvalue weighted by Crippen LogP contribution is 2.26. The normalized spacial score (nSPS) is 25.8. The summed E-state index contributed by atoms with van der Waals surface area (Å²) in [4.78, 5) is 6.98. The SMILES string of the molecule is CC1CCN(c2cccc(CCl)n2)C(C)C1. The number of alkyl halides is 1. The van der Waals surface area contributed by atoms with Crippen molar-refractivity contribution >= 4 is 17.4 Å². The molecule has 0 aliphatic carbocycles. The minimum absolute atomic E-state index is 0.493. The van der Waals surface area contributed by atoms with E-state index in [0.29, 0.717) is 11.9 Å². The number of nitrogens with zero attached hydrogens (tertiary/aromatic N) is 2. The van der Waals surface area contributed by atoms with Crippen LogP contribution in [0.5, 0.6) is 0 Å². The van der Waals surface area contributed by atoms with Crippen LogP contribution in [0.15, 0.2) is 18.2 Å². The molecule has 0 amide bonds. The lowest BCUT2D eigenvalue weighted by atomic mass is 9.93. The summed E-state index contributed by atoms with van der Waals surface area (Å²) in [6.07, 6.45) is 2.52. The van der Waals surface area contributed by atoms with E-state index in [9.17, 15) is 0 Å². The third kappa shape index (κ3) is 2.49. The van der Waals surface area contributed by atoms with Gasteiger partial charge in [0.2, 0.25) is 0 Å². The molecule has 0 bridgehead atoms. The molecule has 1 aliphatic rings. The van der Waals surface area contributed by atoms with E-state index in [4.69, 9.17) is 11.6 Å². The second-order valence-electron chi connectivity index (χ2n) is 4.79. The third-order valence-corrected chi connectivity index (χ3v) is 3.64. The van der Waals surface area contributed by atoms with Crippen LogP contribution in [-0.4, -0.2) is 17.6 Å². The number of hydrogen-bond acceptors (Lipinski definition) is 2. The summed E-state index contributed by atoms with van der Waals surface area (Å²) in [5, 5.41) is 0. The smallest absolute Gasteiger partial charge is 0.129 e. The van der Waals surface area contributed by atoms with Crippen LogP contribution in [0.25, 0.3) is 0 Å². The summed E-state index contributed by atoms with van der Waals surface area (Å²) in [5.41, 5.74) is 0.963. The molecule has 2 heterocycles.